The van der Waals surface area contributed by atoms with Gasteiger partial charge >= 0.3 is 0 Å². The number of hydrogen-bond acceptors (Lipinski definition) is 2. The Balaban J connectivity index is 1.57. The van der Waals surface area contributed by atoms with Crippen molar-refractivity contribution in [1.82, 2.24) is 10.2 Å². The van der Waals surface area contributed by atoms with Gasteiger partial charge in [-0.25, -0.2) is 4.39 Å². The minimum atomic E-state index is -0.233. The lowest BCUT2D eigenvalue weighted by Gasteiger charge is -2.18. The van der Waals surface area contributed by atoms with Crippen LogP contribution < -0.4 is 10.6 Å². The summed E-state index contributed by atoms with van der Waals surface area (Å²) < 4.78 is 13.6. The number of nitrogens with zero attached hydrogens (tertiary/aromatic N) is 1. The summed E-state index contributed by atoms with van der Waals surface area (Å²) in [6.07, 6.45) is 2.59. The summed E-state index contributed by atoms with van der Waals surface area (Å²) in [7, 11) is 0. The number of anilines is 1. The molecule has 1 saturated heterocycles. The van der Waals surface area contributed by atoms with Crippen molar-refractivity contribution in [3.63, 3.8) is 0 Å². The van der Waals surface area contributed by atoms with Crippen LogP contribution >= 0.6 is 12.2 Å². The lowest BCUT2D eigenvalue weighted by molar-refractivity contribution is 0.330. The predicted octanol–water partition coefficient (Wildman–Crippen LogP) is 4.22. The Kier molecular flexibility index (Phi) is 6.00. The molecule has 3 rings (SSSR count). The minimum absolute atomic E-state index is 0.233. The number of rotatable bonds is 5. The molecule has 25 heavy (non-hydrogen) atoms. The molecule has 0 amide bonds. The largest absolute Gasteiger partial charge is 0.358 e. The van der Waals surface area contributed by atoms with Gasteiger partial charge in [-0.1, -0.05) is 30.3 Å². The van der Waals surface area contributed by atoms with E-state index < -0.39 is 0 Å². The van der Waals surface area contributed by atoms with Gasteiger partial charge in [-0.05, 0) is 73.9 Å². The van der Waals surface area contributed by atoms with Gasteiger partial charge in [-0.3, -0.25) is 4.90 Å². The van der Waals surface area contributed by atoms with E-state index in [-0.39, 0.29) is 5.82 Å². The number of halogens is 1. The van der Waals surface area contributed by atoms with Gasteiger partial charge in [-0.15, -0.1) is 0 Å². The molecule has 0 bridgehead atoms. The van der Waals surface area contributed by atoms with Crippen LogP contribution in [0.3, 0.4) is 0 Å². The monoisotopic (exact) mass is 357 g/mol. The van der Waals surface area contributed by atoms with Crippen molar-refractivity contribution < 1.29 is 4.39 Å². The van der Waals surface area contributed by atoms with Crippen LogP contribution in [0, 0.1) is 12.7 Å². The van der Waals surface area contributed by atoms with Crippen LogP contribution in [0.25, 0.3) is 0 Å². The molecule has 1 aliphatic rings. The number of thiocarbonyl (C=S) groups is 1. The normalized spacial score (nSPS) is 14.5. The van der Waals surface area contributed by atoms with Gasteiger partial charge in [0.05, 0.1) is 0 Å². The number of aryl methyl sites for hydroxylation is 1. The third-order valence-electron chi connectivity index (χ3n) is 4.58. The lowest BCUT2D eigenvalue weighted by Crippen LogP contribution is -2.29. The summed E-state index contributed by atoms with van der Waals surface area (Å²) in [6.45, 7) is 5.75. The van der Waals surface area contributed by atoms with Crippen LogP contribution in [-0.4, -0.2) is 23.1 Å². The Morgan fingerprint density at radius 2 is 1.84 bits per heavy atom. The van der Waals surface area contributed by atoms with Crippen LogP contribution in [0.5, 0.6) is 0 Å². The van der Waals surface area contributed by atoms with Gasteiger partial charge in [-0.2, -0.15) is 0 Å². The molecule has 2 aromatic rings. The first-order valence-corrected chi connectivity index (χ1v) is 9.13. The maximum Gasteiger partial charge on any atom is 0.171 e. The summed E-state index contributed by atoms with van der Waals surface area (Å²) in [5, 5.41) is 6.77. The van der Waals surface area contributed by atoms with E-state index in [1.54, 1.807) is 13.0 Å². The Bertz CT molecular complexity index is 741. The summed E-state index contributed by atoms with van der Waals surface area (Å²) in [4.78, 5) is 2.49. The molecule has 0 saturated carbocycles. The predicted molar refractivity (Wildman–Crippen MR) is 105 cm³/mol. The van der Waals surface area contributed by atoms with Gasteiger partial charge in [0, 0.05) is 18.8 Å². The number of hydrogen-bond donors (Lipinski definition) is 2. The molecule has 5 heteroatoms. The first-order valence-electron chi connectivity index (χ1n) is 8.72. The van der Waals surface area contributed by atoms with Crippen molar-refractivity contribution in [2.45, 2.75) is 32.9 Å². The third-order valence-corrected chi connectivity index (χ3v) is 4.83. The van der Waals surface area contributed by atoms with Crippen LogP contribution in [0.4, 0.5) is 10.1 Å². The molecule has 3 nitrogen and oxygen atoms in total. The minimum Gasteiger partial charge on any atom is -0.358 e. The topological polar surface area (TPSA) is 27.3 Å². The maximum atomic E-state index is 13.6. The number of likely N-dealkylation sites (tertiary alicyclic amines) is 1. The van der Waals surface area contributed by atoms with E-state index in [0.717, 1.165) is 6.54 Å². The highest BCUT2D eigenvalue weighted by molar-refractivity contribution is 7.80. The van der Waals surface area contributed by atoms with E-state index in [9.17, 15) is 4.39 Å². The third kappa shape index (κ3) is 5.00. The van der Waals surface area contributed by atoms with Crippen molar-refractivity contribution in [3.05, 3.63) is 65.0 Å². The van der Waals surface area contributed by atoms with Crippen LogP contribution in [0.2, 0.25) is 0 Å². The molecule has 1 heterocycles. The molecule has 0 unspecified atom stereocenters. The van der Waals surface area contributed by atoms with E-state index >= 15 is 0 Å². The molecule has 2 N–H and O–H groups in total. The van der Waals surface area contributed by atoms with E-state index in [2.05, 4.69) is 39.8 Å². The standard InChI is InChI=1S/C20H24FN3S/c1-15-8-9-18(12-19(15)21)23-20(25)22-13-16-6-2-3-7-17(16)14-24-10-4-5-11-24/h2-3,6-9,12H,4-5,10-11,13-14H2,1H3,(H2,22,23,25). The molecule has 0 aromatic heterocycles. The van der Waals surface area contributed by atoms with Crippen LogP contribution in [-0.2, 0) is 13.1 Å². The van der Waals surface area contributed by atoms with Crippen LogP contribution in [0.1, 0.15) is 29.5 Å². The van der Waals surface area contributed by atoms with Crippen molar-refractivity contribution >= 4 is 23.0 Å². The molecule has 2 aromatic carbocycles. The second-order valence-electron chi connectivity index (χ2n) is 6.52. The summed E-state index contributed by atoms with van der Waals surface area (Å²) >= 11 is 5.34. The molecular weight excluding hydrogens is 333 g/mol. The quantitative estimate of drug-likeness (QED) is 0.784. The lowest BCUT2D eigenvalue weighted by atomic mass is 10.1. The fraction of sp³-hybridized carbons (Fsp3) is 0.350. The highest BCUT2D eigenvalue weighted by atomic mass is 32.1. The molecule has 0 spiro atoms. The summed E-state index contributed by atoms with van der Waals surface area (Å²) in [5.74, 6) is -0.233. The van der Waals surface area contributed by atoms with Crippen molar-refractivity contribution in [1.29, 1.82) is 0 Å². The first kappa shape index (κ1) is 17.8. The van der Waals surface area contributed by atoms with Gasteiger partial charge in [0.25, 0.3) is 0 Å². The van der Waals surface area contributed by atoms with Gasteiger partial charge in [0.2, 0.25) is 0 Å². The molecule has 132 valence electrons. The fourth-order valence-electron chi connectivity index (χ4n) is 3.09. The molecule has 0 aliphatic carbocycles. The second kappa shape index (κ2) is 8.41. The Morgan fingerprint density at radius 3 is 2.56 bits per heavy atom. The molecule has 1 aliphatic heterocycles. The van der Waals surface area contributed by atoms with E-state index in [1.807, 2.05) is 6.07 Å². The zero-order valence-electron chi connectivity index (χ0n) is 14.5. The van der Waals surface area contributed by atoms with Gasteiger partial charge in [0.1, 0.15) is 5.82 Å². The van der Waals surface area contributed by atoms with E-state index in [4.69, 9.17) is 12.2 Å². The Hall–Kier alpha value is -1.98. The second-order valence-corrected chi connectivity index (χ2v) is 6.93. The molecule has 0 radical (unpaired) electrons. The SMILES string of the molecule is Cc1ccc(NC(=S)NCc2ccccc2CN2CCCC2)cc1F. The number of nitrogens with one attached hydrogen (secondary N) is 2. The smallest absolute Gasteiger partial charge is 0.171 e. The van der Waals surface area contributed by atoms with Crippen molar-refractivity contribution in [3.8, 4) is 0 Å². The van der Waals surface area contributed by atoms with Crippen molar-refractivity contribution in [2.24, 2.45) is 0 Å². The maximum absolute atomic E-state index is 13.6. The summed E-state index contributed by atoms with van der Waals surface area (Å²) in [6, 6.07) is 13.5. The zero-order chi connectivity index (χ0) is 17.6. The van der Waals surface area contributed by atoms with E-state index in [1.165, 1.54) is 43.1 Å². The fourth-order valence-corrected chi connectivity index (χ4v) is 3.28. The van der Waals surface area contributed by atoms with Crippen LogP contribution in [0.15, 0.2) is 42.5 Å². The van der Waals surface area contributed by atoms with Gasteiger partial charge in [0.15, 0.2) is 5.11 Å². The first-order chi connectivity index (χ1) is 12.1. The molecule has 1 fully saturated rings. The molecular formula is C20H24FN3S. The van der Waals surface area contributed by atoms with E-state index in [0.29, 0.717) is 22.9 Å². The average Bonchev–Trinajstić information content (AvgIpc) is 3.10. The highest BCUT2D eigenvalue weighted by Gasteiger charge is 2.13. The average molecular weight is 357 g/mol. The molecule has 0 atom stereocenters. The zero-order valence-corrected chi connectivity index (χ0v) is 15.3. The summed E-state index contributed by atoms with van der Waals surface area (Å²) in [5.41, 5.74) is 3.86. The van der Waals surface area contributed by atoms with Crippen molar-refractivity contribution in [2.75, 3.05) is 18.4 Å². The van der Waals surface area contributed by atoms with Gasteiger partial charge < -0.3 is 10.6 Å². The number of benzene rings is 2. The Morgan fingerprint density at radius 1 is 1.12 bits per heavy atom. The Labute approximate surface area is 154 Å². The highest BCUT2D eigenvalue weighted by Crippen LogP contribution is 2.16.